The minimum atomic E-state index is 0.389. The van der Waals surface area contributed by atoms with Crippen molar-refractivity contribution in [3.05, 3.63) is 88.0 Å². The Morgan fingerprint density at radius 2 is 0.611 bits per heavy atom. The first-order chi connectivity index (χ1) is 26.1. The Morgan fingerprint density at radius 3 is 0.981 bits per heavy atom. The summed E-state index contributed by atoms with van der Waals surface area (Å²) in [6.07, 6.45) is 24.7. The predicted octanol–water partition coefficient (Wildman–Crippen LogP) is 7.95. The average molecular weight is 736 g/mol. The maximum Gasteiger partial charge on any atom is 0.0350 e. The third kappa shape index (κ3) is 12.2. The molecule has 4 aliphatic carbocycles. The summed E-state index contributed by atoms with van der Waals surface area (Å²) in [4.78, 5) is 0. The summed E-state index contributed by atoms with van der Waals surface area (Å²) in [5.74, 6) is 3.02. The van der Waals surface area contributed by atoms with Crippen LogP contribution in [0.2, 0.25) is 0 Å². The molecule has 3 aromatic rings. The van der Waals surface area contributed by atoms with Gasteiger partial charge in [0.2, 0.25) is 0 Å². The predicted molar refractivity (Wildman–Crippen MR) is 230 cm³/mol. The van der Waals surface area contributed by atoms with E-state index in [1.54, 1.807) is 0 Å². The molecule has 4 aliphatic rings. The number of benzene rings is 3. The molecule has 7 nitrogen and oxygen atoms in total. The van der Waals surface area contributed by atoms with Crippen molar-refractivity contribution < 1.29 is 0 Å². The summed E-state index contributed by atoms with van der Waals surface area (Å²) in [6.45, 7) is 0. The molecular formula is C47H73N7. The van der Waals surface area contributed by atoms with Crippen molar-refractivity contribution in [2.45, 2.75) is 159 Å². The summed E-state index contributed by atoms with van der Waals surface area (Å²) in [5, 5.41) is 0. The number of nitrogens with two attached hydrogens (primary N) is 7. The molecule has 0 aliphatic heterocycles. The fourth-order valence-electron chi connectivity index (χ4n) is 9.93. The van der Waals surface area contributed by atoms with Gasteiger partial charge in [0.05, 0.1) is 0 Å². The molecule has 0 atom stereocenters. The summed E-state index contributed by atoms with van der Waals surface area (Å²) >= 11 is 0. The standard InChI is InChI=1S/C27H40N4.C20H33N3/c28-24-7-1-18(2-8-24)13-20-5-11-27(31)23(15-20)17-21-6-12-26(30)22(16-21)14-19-3-9-25(29)10-4-19;21-18-6-1-14(2-7-18)11-16-5-10-20(23)17(13-16)12-15-3-8-19(22)9-4-15/h5-6,11-12,15-16,18-19,24-25H,1-4,7-10,13-14,17,28-31H2;5,10,13-15,18-19H,1-4,6-9,11-12,21-23H2. The molecular weight excluding hydrogens is 663 g/mol. The SMILES string of the molecule is Nc1ccc(CC2CCC(N)CC2)cc1CC1CCC(N)CC1.Nc1ccc(CC2CCC(N)CC2)cc1Cc1ccc(N)c(CC2CCC(N)CC2)c1. The molecule has 0 radical (unpaired) electrons. The van der Waals surface area contributed by atoms with E-state index in [4.69, 9.17) is 40.1 Å². The lowest BCUT2D eigenvalue weighted by Crippen LogP contribution is -2.27. The van der Waals surface area contributed by atoms with Gasteiger partial charge < -0.3 is 40.1 Å². The van der Waals surface area contributed by atoms with Crippen molar-refractivity contribution in [2.75, 3.05) is 17.2 Å². The van der Waals surface area contributed by atoms with Gasteiger partial charge in [-0.2, -0.15) is 0 Å². The van der Waals surface area contributed by atoms with Crippen LogP contribution in [0.3, 0.4) is 0 Å². The first kappa shape index (κ1) is 40.6. The number of hydrogen-bond donors (Lipinski definition) is 7. The summed E-state index contributed by atoms with van der Waals surface area (Å²) in [7, 11) is 0. The van der Waals surface area contributed by atoms with Crippen molar-refractivity contribution in [3.8, 4) is 0 Å². The molecule has 0 amide bonds. The molecule has 4 fully saturated rings. The second-order valence-corrected chi connectivity index (χ2v) is 18.2. The molecule has 3 aromatic carbocycles. The zero-order valence-electron chi connectivity index (χ0n) is 33.2. The first-order valence-corrected chi connectivity index (χ1v) is 21.7. The van der Waals surface area contributed by atoms with E-state index < -0.39 is 0 Å². The third-order valence-electron chi connectivity index (χ3n) is 13.6. The van der Waals surface area contributed by atoms with Crippen LogP contribution in [0, 0.1) is 23.7 Å². The van der Waals surface area contributed by atoms with Crippen LogP contribution in [-0.4, -0.2) is 24.2 Å². The lowest BCUT2D eigenvalue weighted by atomic mass is 9.80. The van der Waals surface area contributed by atoms with Gasteiger partial charge in [-0.25, -0.2) is 0 Å². The lowest BCUT2D eigenvalue weighted by molar-refractivity contribution is 0.322. The minimum Gasteiger partial charge on any atom is -0.399 e. The quantitative estimate of drug-likeness (QED) is 0.103. The lowest BCUT2D eigenvalue weighted by Gasteiger charge is -2.27. The molecule has 0 bridgehead atoms. The summed E-state index contributed by atoms with van der Waals surface area (Å²) in [6, 6.07) is 21.5. The van der Waals surface area contributed by atoms with Crippen LogP contribution in [-0.2, 0) is 32.1 Å². The van der Waals surface area contributed by atoms with Gasteiger partial charge in [-0.1, -0.05) is 36.4 Å². The van der Waals surface area contributed by atoms with E-state index in [9.17, 15) is 0 Å². The van der Waals surface area contributed by atoms with Crippen LogP contribution in [0.25, 0.3) is 0 Å². The Bertz CT molecular complexity index is 1590. The van der Waals surface area contributed by atoms with Crippen LogP contribution < -0.4 is 40.1 Å². The molecule has 0 heterocycles. The van der Waals surface area contributed by atoms with Crippen LogP contribution in [0.15, 0.2) is 54.6 Å². The van der Waals surface area contributed by atoms with Gasteiger partial charge in [-0.05, 0) is 210 Å². The van der Waals surface area contributed by atoms with Gasteiger partial charge in [0.1, 0.15) is 0 Å². The second-order valence-electron chi connectivity index (χ2n) is 18.2. The largest absolute Gasteiger partial charge is 0.399 e. The van der Waals surface area contributed by atoms with Crippen molar-refractivity contribution in [2.24, 2.45) is 46.6 Å². The van der Waals surface area contributed by atoms with Gasteiger partial charge in [-0.3, -0.25) is 0 Å². The Labute approximate surface area is 326 Å². The van der Waals surface area contributed by atoms with E-state index in [1.165, 1.54) is 117 Å². The summed E-state index contributed by atoms with van der Waals surface area (Å²) < 4.78 is 0. The molecule has 7 rings (SSSR count). The van der Waals surface area contributed by atoms with Crippen molar-refractivity contribution in [1.29, 1.82) is 0 Å². The van der Waals surface area contributed by atoms with E-state index in [1.807, 2.05) is 0 Å². The van der Waals surface area contributed by atoms with Crippen LogP contribution in [0.5, 0.6) is 0 Å². The van der Waals surface area contributed by atoms with Gasteiger partial charge in [0.15, 0.2) is 0 Å². The Hall–Kier alpha value is -3.10. The molecule has 54 heavy (non-hydrogen) atoms. The highest BCUT2D eigenvalue weighted by Gasteiger charge is 2.23. The molecule has 7 heteroatoms. The number of hydrogen-bond acceptors (Lipinski definition) is 7. The van der Waals surface area contributed by atoms with Crippen molar-refractivity contribution >= 4 is 17.1 Å². The molecule has 296 valence electrons. The van der Waals surface area contributed by atoms with E-state index >= 15 is 0 Å². The van der Waals surface area contributed by atoms with Gasteiger partial charge in [-0.15, -0.1) is 0 Å². The Balaban J connectivity index is 0.000000193. The van der Waals surface area contributed by atoms with Crippen LogP contribution in [0.4, 0.5) is 17.1 Å². The molecule has 0 aromatic heterocycles. The molecule has 0 spiro atoms. The molecule has 14 N–H and O–H groups in total. The van der Waals surface area contributed by atoms with E-state index in [0.717, 1.165) is 86.2 Å². The molecule has 0 unspecified atom stereocenters. The summed E-state index contributed by atoms with van der Waals surface area (Å²) in [5.41, 5.74) is 53.9. The fourth-order valence-corrected chi connectivity index (χ4v) is 9.93. The number of nitrogen functional groups attached to an aromatic ring is 3. The normalized spacial score (nSPS) is 28.9. The van der Waals surface area contributed by atoms with E-state index in [0.29, 0.717) is 30.1 Å². The maximum absolute atomic E-state index is 6.37. The van der Waals surface area contributed by atoms with Gasteiger partial charge in [0, 0.05) is 41.2 Å². The fraction of sp³-hybridized carbons (Fsp3) is 0.617. The maximum atomic E-state index is 6.37. The average Bonchev–Trinajstić information content (AvgIpc) is 3.16. The van der Waals surface area contributed by atoms with Crippen LogP contribution >= 0.6 is 0 Å². The Morgan fingerprint density at radius 1 is 0.333 bits per heavy atom. The van der Waals surface area contributed by atoms with E-state index in [2.05, 4.69) is 54.6 Å². The zero-order valence-corrected chi connectivity index (χ0v) is 33.2. The first-order valence-electron chi connectivity index (χ1n) is 21.7. The monoisotopic (exact) mass is 736 g/mol. The van der Waals surface area contributed by atoms with Crippen molar-refractivity contribution in [1.82, 2.24) is 0 Å². The second kappa shape index (κ2) is 19.7. The van der Waals surface area contributed by atoms with Gasteiger partial charge in [0.25, 0.3) is 0 Å². The third-order valence-corrected chi connectivity index (χ3v) is 13.6. The smallest absolute Gasteiger partial charge is 0.0350 e. The molecule has 4 saturated carbocycles. The Kier molecular flexibility index (Phi) is 14.8. The highest BCUT2D eigenvalue weighted by molar-refractivity contribution is 5.54. The topological polar surface area (TPSA) is 182 Å². The zero-order chi connectivity index (χ0) is 38.0. The number of rotatable bonds is 10. The highest BCUT2D eigenvalue weighted by Crippen LogP contribution is 2.33. The van der Waals surface area contributed by atoms with Crippen molar-refractivity contribution in [3.63, 3.8) is 0 Å². The van der Waals surface area contributed by atoms with Crippen LogP contribution in [0.1, 0.15) is 136 Å². The highest BCUT2D eigenvalue weighted by atomic mass is 14.6. The molecule has 0 saturated heterocycles. The van der Waals surface area contributed by atoms with E-state index in [-0.39, 0.29) is 0 Å². The minimum absolute atomic E-state index is 0.389. The van der Waals surface area contributed by atoms with Gasteiger partial charge >= 0.3 is 0 Å². The number of anilines is 3.